The highest BCUT2D eigenvalue weighted by atomic mass is 32.2. The van der Waals surface area contributed by atoms with Gasteiger partial charge in [-0.3, -0.25) is 4.79 Å². The van der Waals surface area contributed by atoms with Crippen LogP contribution >= 0.6 is 11.8 Å². The van der Waals surface area contributed by atoms with E-state index in [1.807, 2.05) is 27.8 Å². The van der Waals surface area contributed by atoms with Gasteiger partial charge in [0.25, 0.3) is 5.91 Å². The van der Waals surface area contributed by atoms with E-state index in [1.54, 1.807) is 11.8 Å². The van der Waals surface area contributed by atoms with E-state index < -0.39 is 0 Å². The van der Waals surface area contributed by atoms with Crippen molar-refractivity contribution in [2.24, 2.45) is 0 Å². The van der Waals surface area contributed by atoms with Crippen molar-refractivity contribution >= 4 is 17.7 Å². The Morgan fingerprint density at radius 3 is 2.32 bits per heavy atom. The summed E-state index contributed by atoms with van der Waals surface area (Å²) in [6, 6.07) is 8.53. The van der Waals surface area contributed by atoms with Crippen LogP contribution in [-0.2, 0) is 11.3 Å². The smallest absolute Gasteiger partial charge is 0.275 e. The Labute approximate surface area is 120 Å². The van der Waals surface area contributed by atoms with Crippen LogP contribution in [0.15, 0.2) is 29.2 Å². The maximum atomic E-state index is 11.8. The molecule has 0 aliphatic heterocycles. The van der Waals surface area contributed by atoms with E-state index in [4.69, 9.17) is 0 Å². The largest absolute Gasteiger partial charge is 0.347 e. The molecule has 1 aromatic carbocycles. The molecule has 19 heavy (non-hydrogen) atoms. The summed E-state index contributed by atoms with van der Waals surface area (Å²) in [7, 11) is 2.05. The lowest BCUT2D eigenvalue weighted by Gasteiger charge is -2.22. The third kappa shape index (κ3) is 6.64. The van der Waals surface area contributed by atoms with Gasteiger partial charge < -0.3 is 10.2 Å². The molecule has 106 valence electrons. The van der Waals surface area contributed by atoms with Crippen LogP contribution in [0.2, 0.25) is 0 Å². The Kier molecular flexibility index (Phi) is 5.88. The molecule has 1 rings (SSSR count). The van der Waals surface area contributed by atoms with E-state index in [0.717, 1.165) is 6.54 Å². The molecule has 4 heteroatoms. The van der Waals surface area contributed by atoms with Gasteiger partial charge in [-0.15, -0.1) is 11.8 Å². The third-order valence-corrected chi connectivity index (χ3v) is 3.39. The van der Waals surface area contributed by atoms with E-state index >= 15 is 0 Å². The fraction of sp³-hybridized carbons (Fsp3) is 0.533. The predicted octanol–water partition coefficient (Wildman–Crippen LogP) is 1.34. The molecule has 2 N–H and O–H groups in total. The van der Waals surface area contributed by atoms with Crippen LogP contribution in [0.5, 0.6) is 0 Å². The molecule has 1 atom stereocenters. The molecule has 0 spiro atoms. The minimum absolute atomic E-state index is 0.103. The van der Waals surface area contributed by atoms with Gasteiger partial charge in [0.1, 0.15) is 6.54 Å². The molecule has 0 fully saturated rings. The van der Waals surface area contributed by atoms with Crippen molar-refractivity contribution in [3.05, 3.63) is 29.8 Å². The van der Waals surface area contributed by atoms with Crippen LogP contribution in [0.3, 0.4) is 0 Å². The molecule has 1 aromatic rings. The molecule has 3 nitrogen and oxygen atoms in total. The molecule has 0 heterocycles. The molecule has 0 bridgehead atoms. The number of carbonyl (C=O) groups is 1. The molecule has 0 aromatic heterocycles. The monoisotopic (exact) mass is 281 g/mol. The number of likely N-dealkylation sites (N-methyl/N-ethyl adjacent to an activating group) is 1. The molecule has 0 aliphatic carbocycles. The highest BCUT2D eigenvalue weighted by Crippen LogP contribution is 2.14. The van der Waals surface area contributed by atoms with Gasteiger partial charge in [-0.25, -0.2) is 0 Å². The average Bonchev–Trinajstić information content (AvgIpc) is 2.27. The lowest BCUT2D eigenvalue weighted by molar-refractivity contribution is -0.885. The van der Waals surface area contributed by atoms with Crippen molar-refractivity contribution < 1.29 is 9.69 Å². The second-order valence-electron chi connectivity index (χ2n) is 5.96. The second-order valence-corrected chi connectivity index (χ2v) is 6.84. The molecule has 0 saturated carbocycles. The molecule has 0 aliphatic rings. The Hall–Kier alpha value is -1.00. The number of quaternary nitrogens is 1. The van der Waals surface area contributed by atoms with Crippen LogP contribution < -0.4 is 10.2 Å². The standard InChI is InChI=1S/C15H24N2OS/c1-15(2,3)16-14(18)11-17(4)10-12-6-8-13(19-5)9-7-12/h6-9H,10-11H2,1-5H3,(H,16,18)/p+1. The fourth-order valence-corrected chi connectivity index (χ4v) is 2.30. The van der Waals surface area contributed by atoms with E-state index in [0.29, 0.717) is 6.54 Å². The number of hydrogen-bond donors (Lipinski definition) is 2. The first-order chi connectivity index (χ1) is 8.80. The number of rotatable bonds is 5. The normalized spacial score (nSPS) is 13.1. The second kappa shape index (κ2) is 6.96. The molecule has 0 saturated heterocycles. The van der Waals surface area contributed by atoms with Gasteiger partial charge in [-0.1, -0.05) is 12.1 Å². The van der Waals surface area contributed by atoms with Gasteiger partial charge in [0, 0.05) is 16.0 Å². The average molecular weight is 281 g/mol. The van der Waals surface area contributed by atoms with E-state index in [2.05, 4.69) is 35.8 Å². The number of nitrogens with one attached hydrogen (secondary N) is 2. The van der Waals surface area contributed by atoms with Crippen molar-refractivity contribution in [1.29, 1.82) is 0 Å². The summed E-state index contributed by atoms with van der Waals surface area (Å²) in [5.41, 5.74) is 1.11. The number of hydrogen-bond acceptors (Lipinski definition) is 2. The molecular weight excluding hydrogens is 256 g/mol. The number of amides is 1. The lowest BCUT2D eigenvalue weighted by Crippen LogP contribution is -3.09. The maximum absolute atomic E-state index is 11.8. The highest BCUT2D eigenvalue weighted by Gasteiger charge is 2.17. The van der Waals surface area contributed by atoms with Crippen molar-refractivity contribution in [2.45, 2.75) is 37.8 Å². The van der Waals surface area contributed by atoms with Gasteiger partial charge in [0.2, 0.25) is 0 Å². The van der Waals surface area contributed by atoms with Crippen LogP contribution in [0.25, 0.3) is 0 Å². The van der Waals surface area contributed by atoms with Gasteiger partial charge in [0.05, 0.1) is 7.05 Å². The summed E-state index contributed by atoms with van der Waals surface area (Å²) in [4.78, 5) is 14.3. The Bertz CT molecular complexity index is 409. The molecular formula is C15H25N2OS+. The van der Waals surface area contributed by atoms with Gasteiger partial charge in [0.15, 0.2) is 6.54 Å². The number of thioether (sulfide) groups is 1. The van der Waals surface area contributed by atoms with Crippen molar-refractivity contribution in [2.75, 3.05) is 19.8 Å². The quantitative estimate of drug-likeness (QED) is 0.799. The molecule has 1 amide bonds. The van der Waals surface area contributed by atoms with Crippen molar-refractivity contribution in [3.8, 4) is 0 Å². The van der Waals surface area contributed by atoms with Gasteiger partial charge in [-0.05, 0) is 39.2 Å². The summed E-state index contributed by atoms with van der Waals surface area (Å²) in [5.74, 6) is 0.103. The highest BCUT2D eigenvalue weighted by molar-refractivity contribution is 7.98. The minimum Gasteiger partial charge on any atom is -0.347 e. The summed E-state index contributed by atoms with van der Waals surface area (Å²) in [6.45, 7) is 7.37. The SMILES string of the molecule is CSc1ccc(C[NH+](C)CC(=O)NC(C)(C)C)cc1. The van der Waals surface area contributed by atoms with Crippen LogP contribution in [-0.4, -0.2) is 31.3 Å². The first-order valence-corrected chi connectivity index (χ1v) is 7.78. The summed E-state index contributed by atoms with van der Waals surface area (Å²) >= 11 is 1.74. The lowest BCUT2D eigenvalue weighted by atomic mass is 10.1. The third-order valence-electron chi connectivity index (χ3n) is 2.64. The van der Waals surface area contributed by atoms with Crippen LogP contribution in [0.4, 0.5) is 0 Å². The van der Waals surface area contributed by atoms with Gasteiger partial charge in [-0.2, -0.15) is 0 Å². The zero-order valence-electron chi connectivity index (χ0n) is 12.5. The summed E-state index contributed by atoms with van der Waals surface area (Å²) in [5, 5.41) is 2.99. The van der Waals surface area contributed by atoms with Crippen molar-refractivity contribution in [3.63, 3.8) is 0 Å². The number of carbonyl (C=O) groups excluding carboxylic acids is 1. The van der Waals surface area contributed by atoms with E-state index in [-0.39, 0.29) is 11.4 Å². The molecule has 1 unspecified atom stereocenters. The van der Waals surface area contributed by atoms with E-state index in [9.17, 15) is 4.79 Å². The zero-order chi connectivity index (χ0) is 14.5. The topological polar surface area (TPSA) is 33.5 Å². The summed E-state index contributed by atoms with van der Waals surface area (Å²) in [6.07, 6.45) is 2.07. The van der Waals surface area contributed by atoms with Gasteiger partial charge >= 0.3 is 0 Å². The number of benzene rings is 1. The molecule has 0 radical (unpaired) electrons. The Morgan fingerprint density at radius 1 is 1.26 bits per heavy atom. The minimum atomic E-state index is -0.155. The summed E-state index contributed by atoms with van der Waals surface area (Å²) < 4.78 is 0. The fourth-order valence-electron chi connectivity index (χ4n) is 1.89. The first kappa shape index (κ1) is 16.1. The zero-order valence-corrected chi connectivity index (χ0v) is 13.4. The van der Waals surface area contributed by atoms with E-state index in [1.165, 1.54) is 15.4 Å². The predicted molar refractivity (Wildman–Crippen MR) is 81.6 cm³/mol. The van der Waals surface area contributed by atoms with Crippen LogP contribution in [0.1, 0.15) is 26.3 Å². The maximum Gasteiger partial charge on any atom is 0.275 e. The Morgan fingerprint density at radius 2 is 1.84 bits per heavy atom. The van der Waals surface area contributed by atoms with Crippen molar-refractivity contribution in [1.82, 2.24) is 5.32 Å². The van der Waals surface area contributed by atoms with Crippen LogP contribution in [0, 0.1) is 0 Å². The Balaban J connectivity index is 2.46. The first-order valence-electron chi connectivity index (χ1n) is 6.55.